The zero-order chi connectivity index (χ0) is 11.7. The van der Waals surface area contributed by atoms with Gasteiger partial charge in [-0.15, -0.1) is 0 Å². The molecule has 1 aromatic heterocycles. The SMILES string of the molecule is Oc1ccc(Cl)c(Cl)c1C(O)c1cn[nH]c1. The standard InChI is InChI=1S/C10H8Cl2N2O2/c11-6-1-2-7(15)8(9(6)12)10(16)5-3-13-14-4-5/h1-4,10,15-16H,(H,13,14). The van der Waals surface area contributed by atoms with Crippen molar-refractivity contribution in [1.29, 1.82) is 0 Å². The van der Waals surface area contributed by atoms with E-state index in [1.807, 2.05) is 0 Å². The molecule has 0 aliphatic rings. The summed E-state index contributed by atoms with van der Waals surface area (Å²) < 4.78 is 0. The second kappa shape index (κ2) is 4.33. The second-order valence-electron chi connectivity index (χ2n) is 3.23. The number of hydrogen-bond acceptors (Lipinski definition) is 3. The molecule has 0 aliphatic heterocycles. The number of benzene rings is 1. The summed E-state index contributed by atoms with van der Waals surface area (Å²) in [5.74, 6) is -0.108. The molecule has 0 saturated carbocycles. The highest BCUT2D eigenvalue weighted by Gasteiger charge is 2.20. The molecule has 0 aliphatic carbocycles. The topological polar surface area (TPSA) is 69.1 Å². The highest BCUT2D eigenvalue weighted by Crippen LogP contribution is 2.38. The summed E-state index contributed by atoms with van der Waals surface area (Å²) in [4.78, 5) is 0. The fourth-order valence-electron chi connectivity index (χ4n) is 1.39. The van der Waals surface area contributed by atoms with E-state index in [0.29, 0.717) is 5.56 Å². The molecule has 1 aromatic carbocycles. The van der Waals surface area contributed by atoms with Crippen LogP contribution >= 0.6 is 23.2 Å². The van der Waals surface area contributed by atoms with Crippen LogP contribution in [0.2, 0.25) is 10.0 Å². The van der Waals surface area contributed by atoms with Crippen molar-refractivity contribution in [3.63, 3.8) is 0 Å². The van der Waals surface area contributed by atoms with Gasteiger partial charge in [-0.3, -0.25) is 5.10 Å². The van der Waals surface area contributed by atoms with Crippen LogP contribution < -0.4 is 0 Å². The number of nitrogens with zero attached hydrogens (tertiary/aromatic N) is 1. The van der Waals surface area contributed by atoms with E-state index in [1.54, 1.807) is 0 Å². The van der Waals surface area contributed by atoms with Crippen molar-refractivity contribution >= 4 is 23.2 Å². The van der Waals surface area contributed by atoms with Gasteiger partial charge in [-0.25, -0.2) is 0 Å². The monoisotopic (exact) mass is 258 g/mol. The number of aromatic amines is 1. The van der Waals surface area contributed by atoms with Crippen LogP contribution in [0.4, 0.5) is 0 Å². The van der Waals surface area contributed by atoms with Crippen LogP contribution in [0.3, 0.4) is 0 Å². The summed E-state index contributed by atoms with van der Waals surface area (Å²) in [5, 5.41) is 26.3. The van der Waals surface area contributed by atoms with Crippen molar-refractivity contribution in [3.05, 3.63) is 45.7 Å². The molecule has 2 rings (SSSR count). The molecule has 0 spiro atoms. The van der Waals surface area contributed by atoms with Crippen LogP contribution in [0.25, 0.3) is 0 Å². The Balaban J connectivity index is 2.52. The summed E-state index contributed by atoms with van der Waals surface area (Å²) >= 11 is 11.7. The number of aliphatic hydroxyl groups is 1. The molecule has 6 heteroatoms. The predicted octanol–water partition coefficient (Wildman–Crippen LogP) is 2.50. The maximum absolute atomic E-state index is 10.0. The lowest BCUT2D eigenvalue weighted by molar-refractivity contribution is 0.215. The van der Waals surface area contributed by atoms with Crippen molar-refractivity contribution in [2.75, 3.05) is 0 Å². The van der Waals surface area contributed by atoms with E-state index in [4.69, 9.17) is 23.2 Å². The van der Waals surface area contributed by atoms with Gasteiger partial charge in [-0.2, -0.15) is 5.10 Å². The first kappa shape index (κ1) is 11.3. The zero-order valence-corrected chi connectivity index (χ0v) is 9.50. The Bertz CT molecular complexity index is 500. The van der Waals surface area contributed by atoms with Gasteiger partial charge in [0.2, 0.25) is 0 Å². The third-order valence-electron chi connectivity index (χ3n) is 2.22. The number of phenolic OH excluding ortho intramolecular Hbond substituents is 1. The molecular weight excluding hydrogens is 251 g/mol. The van der Waals surface area contributed by atoms with E-state index in [9.17, 15) is 10.2 Å². The summed E-state index contributed by atoms with van der Waals surface area (Å²) in [6.45, 7) is 0. The van der Waals surface area contributed by atoms with Gasteiger partial charge in [0.15, 0.2) is 0 Å². The van der Waals surface area contributed by atoms with Crippen molar-refractivity contribution in [3.8, 4) is 5.75 Å². The van der Waals surface area contributed by atoms with Crippen molar-refractivity contribution < 1.29 is 10.2 Å². The summed E-state index contributed by atoms with van der Waals surface area (Å²) in [7, 11) is 0. The average Bonchev–Trinajstić information content (AvgIpc) is 2.77. The van der Waals surface area contributed by atoms with Gasteiger partial charge in [0, 0.05) is 17.3 Å². The molecule has 1 heterocycles. The van der Waals surface area contributed by atoms with Gasteiger partial charge < -0.3 is 10.2 Å². The molecule has 2 aromatic rings. The largest absolute Gasteiger partial charge is 0.508 e. The Labute approximate surface area is 101 Å². The van der Waals surface area contributed by atoms with Crippen molar-refractivity contribution in [1.82, 2.24) is 10.2 Å². The molecule has 0 fully saturated rings. The molecule has 4 nitrogen and oxygen atoms in total. The molecule has 0 bridgehead atoms. The number of aromatic nitrogens is 2. The number of phenols is 1. The molecule has 1 atom stereocenters. The highest BCUT2D eigenvalue weighted by atomic mass is 35.5. The lowest BCUT2D eigenvalue weighted by Gasteiger charge is -2.13. The van der Waals surface area contributed by atoms with E-state index in [1.165, 1.54) is 24.5 Å². The number of hydrogen-bond donors (Lipinski definition) is 3. The van der Waals surface area contributed by atoms with Gasteiger partial charge in [0.05, 0.1) is 16.2 Å². The number of rotatable bonds is 2. The van der Waals surface area contributed by atoms with Gasteiger partial charge in [-0.1, -0.05) is 23.2 Å². The molecule has 16 heavy (non-hydrogen) atoms. The van der Waals surface area contributed by atoms with Gasteiger partial charge in [-0.05, 0) is 12.1 Å². The number of halogens is 2. The van der Waals surface area contributed by atoms with E-state index in [-0.39, 0.29) is 21.4 Å². The quantitative estimate of drug-likeness (QED) is 0.776. The second-order valence-corrected chi connectivity index (χ2v) is 4.01. The van der Waals surface area contributed by atoms with Gasteiger partial charge >= 0.3 is 0 Å². The van der Waals surface area contributed by atoms with E-state index in [0.717, 1.165) is 0 Å². The Morgan fingerprint density at radius 3 is 2.69 bits per heavy atom. The molecule has 0 radical (unpaired) electrons. The summed E-state index contributed by atoms with van der Waals surface area (Å²) in [5.41, 5.74) is 0.676. The normalized spacial score (nSPS) is 12.7. The highest BCUT2D eigenvalue weighted by molar-refractivity contribution is 6.42. The first-order valence-electron chi connectivity index (χ1n) is 4.45. The Kier molecular flexibility index (Phi) is 3.05. The van der Waals surface area contributed by atoms with E-state index < -0.39 is 6.10 Å². The maximum Gasteiger partial charge on any atom is 0.123 e. The third-order valence-corrected chi connectivity index (χ3v) is 3.04. The summed E-state index contributed by atoms with van der Waals surface area (Å²) in [6, 6.07) is 2.84. The number of aliphatic hydroxyl groups excluding tert-OH is 1. The first-order valence-corrected chi connectivity index (χ1v) is 5.20. The van der Waals surface area contributed by atoms with Gasteiger partial charge in [0.25, 0.3) is 0 Å². The van der Waals surface area contributed by atoms with Crippen LogP contribution in [-0.2, 0) is 0 Å². The molecule has 3 N–H and O–H groups in total. The van der Waals surface area contributed by atoms with E-state index >= 15 is 0 Å². The molecule has 1 unspecified atom stereocenters. The Morgan fingerprint density at radius 1 is 1.31 bits per heavy atom. The first-order chi connectivity index (χ1) is 7.61. The van der Waals surface area contributed by atoms with Crippen molar-refractivity contribution in [2.45, 2.75) is 6.10 Å². The lowest BCUT2D eigenvalue weighted by Crippen LogP contribution is -2.00. The fraction of sp³-hybridized carbons (Fsp3) is 0.100. The maximum atomic E-state index is 10.0. The molecule has 0 amide bonds. The van der Waals surface area contributed by atoms with Crippen LogP contribution in [0.5, 0.6) is 5.75 Å². The van der Waals surface area contributed by atoms with Gasteiger partial charge in [0.1, 0.15) is 11.9 Å². The zero-order valence-electron chi connectivity index (χ0n) is 7.98. The molecule has 0 saturated heterocycles. The average molecular weight is 259 g/mol. The Hall–Kier alpha value is -1.23. The van der Waals surface area contributed by atoms with E-state index in [2.05, 4.69) is 10.2 Å². The fourth-order valence-corrected chi connectivity index (χ4v) is 1.82. The number of nitrogens with one attached hydrogen (secondary N) is 1. The number of aromatic hydroxyl groups is 1. The molecule has 84 valence electrons. The minimum Gasteiger partial charge on any atom is -0.508 e. The van der Waals surface area contributed by atoms with Crippen molar-refractivity contribution in [2.24, 2.45) is 0 Å². The molecular formula is C10H8Cl2N2O2. The lowest BCUT2D eigenvalue weighted by atomic mass is 10.0. The Morgan fingerprint density at radius 2 is 2.06 bits per heavy atom. The smallest absolute Gasteiger partial charge is 0.123 e. The summed E-state index contributed by atoms with van der Waals surface area (Å²) in [6.07, 6.45) is 1.90. The van der Waals surface area contributed by atoms with Crippen LogP contribution in [0.15, 0.2) is 24.5 Å². The minimum atomic E-state index is -1.06. The number of H-pyrrole nitrogens is 1. The minimum absolute atomic E-state index is 0.108. The van der Waals surface area contributed by atoms with Crippen LogP contribution in [0, 0.1) is 0 Å². The third kappa shape index (κ3) is 1.87. The predicted molar refractivity (Wildman–Crippen MR) is 60.8 cm³/mol. The van der Waals surface area contributed by atoms with Crippen LogP contribution in [0.1, 0.15) is 17.2 Å². The van der Waals surface area contributed by atoms with Crippen LogP contribution in [-0.4, -0.2) is 20.4 Å².